The molecule has 14 heavy (non-hydrogen) atoms. The summed E-state index contributed by atoms with van der Waals surface area (Å²) >= 11 is 6.25. The average Bonchev–Trinajstić information content (AvgIpc) is 2.66. The van der Waals surface area contributed by atoms with Gasteiger partial charge < -0.3 is 10.7 Å². The molecule has 0 saturated heterocycles. The fourth-order valence-corrected chi connectivity index (χ4v) is 1.94. The fraction of sp³-hybridized carbons (Fsp3) is 0.273. The largest absolute Gasteiger partial charge is 0.360 e. The molecule has 0 aliphatic carbocycles. The number of aryl methyl sites for hydroxylation is 1. The average molecular weight is 209 g/mol. The minimum Gasteiger partial charge on any atom is -0.360 e. The van der Waals surface area contributed by atoms with Crippen molar-refractivity contribution in [1.29, 1.82) is 0 Å². The van der Waals surface area contributed by atoms with Crippen LogP contribution in [0.1, 0.15) is 12.0 Å². The van der Waals surface area contributed by atoms with Crippen LogP contribution < -0.4 is 5.73 Å². The van der Waals surface area contributed by atoms with Crippen molar-refractivity contribution in [2.24, 2.45) is 5.73 Å². The summed E-state index contributed by atoms with van der Waals surface area (Å²) in [5, 5.41) is 1.99. The zero-order chi connectivity index (χ0) is 9.97. The maximum atomic E-state index is 6.25. The number of aromatic amines is 1. The van der Waals surface area contributed by atoms with Crippen molar-refractivity contribution in [3.63, 3.8) is 0 Å². The molecule has 0 unspecified atom stereocenters. The van der Waals surface area contributed by atoms with E-state index in [0.29, 0.717) is 6.54 Å². The number of nitrogens with one attached hydrogen (secondary N) is 1. The third kappa shape index (κ3) is 1.63. The number of fused-ring (bicyclic) bond motifs is 1. The summed E-state index contributed by atoms with van der Waals surface area (Å²) in [4.78, 5) is 3.14. The van der Waals surface area contributed by atoms with Crippen LogP contribution in [0.2, 0.25) is 5.02 Å². The molecule has 0 aliphatic rings. The van der Waals surface area contributed by atoms with E-state index in [1.807, 2.05) is 12.3 Å². The Morgan fingerprint density at radius 1 is 1.29 bits per heavy atom. The van der Waals surface area contributed by atoms with Crippen molar-refractivity contribution in [2.45, 2.75) is 12.8 Å². The summed E-state index contributed by atoms with van der Waals surface area (Å²) in [7, 11) is 0. The number of hydrogen-bond acceptors (Lipinski definition) is 1. The predicted molar refractivity (Wildman–Crippen MR) is 60.7 cm³/mol. The van der Waals surface area contributed by atoms with E-state index in [0.717, 1.165) is 28.8 Å². The molecule has 0 radical (unpaired) electrons. The van der Waals surface area contributed by atoms with Gasteiger partial charge in [-0.1, -0.05) is 23.7 Å². The minimum atomic E-state index is 0.707. The first-order valence-electron chi connectivity index (χ1n) is 4.77. The summed E-state index contributed by atoms with van der Waals surface area (Å²) in [5.74, 6) is 0. The van der Waals surface area contributed by atoms with Gasteiger partial charge in [0.25, 0.3) is 0 Å². The second-order valence-electron chi connectivity index (χ2n) is 3.37. The number of hydrogen-bond donors (Lipinski definition) is 2. The molecule has 1 aromatic carbocycles. The van der Waals surface area contributed by atoms with Gasteiger partial charge in [-0.15, -0.1) is 0 Å². The number of rotatable bonds is 3. The van der Waals surface area contributed by atoms with Gasteiger partial charge in [0, 0.05) is 11.6 Å². The zero-order valence-corrected chi connectivity index (χ0v) is 8.64. The van der Waals surface area contributed by atoms with E-state index in [4.69, 9.17) is 17.3 Å². The van der Waals surface area contributed by atoms with Gasteiger partial charge in [-0.3, -0.25) is 0 Å². The highest BCUT2D eigenvalue weighted by Crippen LogP contribution is 2.26. The van der Waals surface area contributed by atoms with E-state index >= 15 is 0 Å². The van der Waals surface area contributed by atoms with Crippen LogP contribution >= 0.6 is 11.6 Å². The first-order chi connectivity index (χ1) is 6.83. The van der Waals surface area contributed by atoms with Gasteiger partial charge in [0.05, 0.1) is 10.5 Å². The first-order valence-corrected chi connectivity index (χ1v) is 5.15. The van der Waals surface area contributed by atoms with Gasteiger partial charge in [0.2, 0.25) is 0 Å². The van der Waals surface area contributed by atoms with E-state index in [-0.39, 0.29) is 0 Å². The molecule has 3 N–H and O–H groups in total. The Morgan fingerprint density at radius 2 is 2.14 bits per heavy atom. The number of halogens is 1. The minimum absolute atomic E-state index is 0.707. The quantitative estimate of drug-likeness (QED) is 0.800. The van der Waals surface area contributed by atoms with Crippen LogP contribution in [-0.4, -0.2) is 11.5 Å². The van der Waals surface area contributed by atoms with Gasteiger partial charge >= 0.3 is 0 Å². The van der Waals surface area contributed by atoms with Gasteiger partial charge in [0.1, 0.15) is 0 Å². The molecule has 0 atom stereocenters. The van der Waals surface area contributed by atoms with Crippen LogP contribution in [-0.2, 0) is 6.42 Å². The van der Waals surface area contributed by atoms with Crippen molar-refractivity contribution in [1.82, 2.24) is 4.98 Å². The predicted octanol–water partition coefficient (Wildman–Crippen LogP) is 2.71. The number of aromatic nitrogens is 1. The van der Waals surface area contributed by atoms with E-state index in [9.17, 15) is 0 Å². The van der Waals surface area contributed by atoms with Crippen LogP contribution in [0, 0.1) is 0 Å². The molecule has 2 nitrogen and oxygen atoms in total. The SMILES string of the molecule is NCCCc1ccc2cc[nH]c2c1Cl. The lowest BCUT2D eigenvalue weighted by atomic mass is 10.1. The van der Waals surface area contributed by atoms with Crippen LogP contribution in [0.3, 0.4) is 0 Å². The van der Waals surface area contributed by atoms with Gasteiger partial charge in [-0.25, -0.2) is 0 Å². The molecular formula is C11H13ClN2. The van der Waals surface area contributed by atoms with Crippen molar-refractivity contribution < 1.29 is 0 Å². The molecule has 0 saturated carbocycles. The topological polar surface area (TPSA) is 41.8 Å². The molecule has 0 aliphatic heterocycles. The lowest BCUT2D eigenvalue weighted by Crippen LogP contribution is -2.00. The molecule has 1 aromatic heterocycles. The monoisotopic (exact) mass is 208 g/mol. The van der Waals surface area contributed by atoms with Gasteiger partial charge in [-0.2, -0.15) is 0 Å². The Balaban J connectivity index is 2.40. The van der Waals surface area contributed by atoms with Crippen molar-refractivity contribution in [3.05, 3.63) is 35.0 Å². The summed E-state index contributed by atoms with van der Waals surface area (Å²) in [5.41, 5.74) is 7.67. The van der Waals surface area contributed by atoms with Gasteiger partial charge in [0.15, 0.2) is 0 Å². The molecule has 3 heteroatoms. The fourth-order valence-electron chi connectivity index (χ4n) is 1.62. The molecule has 0 amide bonds. The highest BCUT2D eigenvalue weighted by atomic mass is 35.5. The zero-order valence-electron chi connectivity index (χ0n) is 7.89. The molecule has 0 bridgehead atoms. The highest BCUT2D eigenvalue weighted by molar-refractivity contribution is 6.35. The summed E-state index contributed by atoms with van der Waals surface area (Å²) in [6.07, 6.45) is 3.83. The molecule has 0 fully saturated rings. The normalized spacial score (nSPS) is 11.0. The van der Waals surface area contributed by atoms with Crippen molar-refractivity contribution in [3.8, 4) is 0 Å². The Labute approximate surface area is 88.1 Å². The summed E-state index contributed by atoms with van der Waals surface area (Å²) < 4.78 is 0. The number of benzene rings is 1. The van der Waals surface area contributed by atoms with E-state index in [1.54, 1.807) is 0 Å². The lowest BCUT2D eigenvalue weighted by Gasteiger charge is -2.04. The molecule has 2 aromatic rings. The summed E-state index contributed by atoms with van der Waals surface area (Å²) in [6, 6.07) is 6.19. The second kappa shape index (κ2) is 4.03. The van der Waals surface area contributed by atoms with Crippen LogP contribution in [0.15, 0.2) is 24.4 Å². The third-order valence-corrected chi connectivity index (χ3v) is 2.83. The maximum Gasteiger partial charge on any atom is 0.0678 e. The van der Waals surface area contributed by atoms with Crippen LogP contribution in [0.25, 0.3) is 10.9 Å². The van der Waals surface area contributed by atoms with Gasteiger partial charge in [-0.05, 0) is 31.0 Å². The number of nitrogens with two attached hydrogens (primary N) is 1. The summed E-state index contributed by atoms with van der Waals surface area (Å²) in [6.45, 7) is 0.707. The Kier molecular flexibility index (Phi) is 2.75. The van der Waals surface area contributed by atoms with E-state index in [2.05, 4.69) is 17.1 Å². The smallest absolute Gasteiger partial charge is 0.0678 e. The van der Waals surface area contributed by atoms with E-state index < -0.39 is 0 Å². The highest BCUT2D eigenvalue weighted by Gasteiger charge is 2.05. The standard InChI is InChI=1S/C11H13ClN2/c12-10-8(2-1-6-13)3-4-9-5-7-14-11(9)10/h3-5,7,14H,1-2,6,13H2. The third-order valence-electron chi connectivity index (χ3n) is 2.39. The second-order valence-corrected chi connectivity index (χ2v) is 3.75. The van der Waals surface area contributed by atoms with Crippen LogP contribution in [0.5, 0.6) is 0 Å². The van der Waals surface area contributed by atoms with E-state index in [1.165, 1.54) is 5.56 Å². The molecular weight excluding hydrogens is 196 g/mol. The Morgan fingerprint density at radius 3 is 2.93 bits per heavy atom. The molecule has 2 rings (SSSR count). The van der Waals surface area contributed by atoms with Crippen molar-refractivity contribution >= 4 is 22.5 Å². The molecule has 0 spiro atoms. The van der Waals surface area contributed by atoms with Crippen molar-refractivity contribution in [2.75, 3.05) is 6.54 Å². The number of H-pyrrole nitrogens is 1. The molecule has 1 heterocycles. The Hall–Kier alpha value is -0.990. The van der Waals surface area contributed by atoms with Crippen LogP contribution in [0.4, 0.5) is 0 Å². The lowest BCUT2D eigenvalue weighted by molar-refractivity contribution is 0.833. The maximum absolute atomic E-state index is 6.25. The first kappa shape index (κ1) is 9.56. The Bertz CT molecular complexity index is 434. The molecule has 74 valence electrons.